The third-order valence-corrected chi connectivity index (χ3v) is 2.26. The van der Waals surface area contributed by atoms with Crippen LogP contribution in [-0.4, -0.2) is 0 Å². The zero-order valence-corrected chi connectivity index (χ0v) is 6.88. The smallest absolute Gasteiger partial charge is 0.0304 e. The summed E-state index contributed by atoms with van der Waals surface area (Å²) in [4.78, 5) is 1.30. The number of rotatable bonds is 1. The lowest BCUT2D eigenvalue weighted by atomic mass is 10.3. The third kappa shape index (κ3) is 1.60. The van der Waals surface area contributed by atoms with E-state index in [1.165, 1.54) is 10.4 Å². The molecule has 1 heterocycles. The Hall–Kier alpha value is -0.210. The fourth-order valence-corrected chi connectivity index (χ4v) is 1.69. The van der Waals surface area contributed by atoms with Crippen LogP contribution in [0, 0.1) is 6.92 Å². The first kappa shape index (κ1) is 6.90. The minimum absolute atomic E-state index is 1.30. The van der Waals surface area contributed by atoms with Crippen LogP contribution in [0.2, 0.25) is 0 Å². The van der Waals surface area contributed by atoms with Crippen molar-refractivity contribution in [2.75, 3.05) is 0 Å². The minimum Gasteiger partial charge on any atom is -0.151 e. The predicted octanol–water partition coefficient (Wildman–Crippen LogP) is 2.96. The Balaban J connectivity index is 2.94. The highest BCUT2D eigenvalue weighted by Gasteiger charge is 1.91. The van der Waals surface area contributed by atoms with E-state index >= 15 is 0 Å². The number of thiophene rings is 1. The number of aryl methyl sites for hydroxylation is 1. The Labute approximate surface area is 64.6 Å². The molecule has 0 radical (unpaired) electrons. The summed E-state index contributed by atoms with van der Waals surface area (Å²) in [5, 5.41) is 3.84. The standard InChI is InChI=1S/C7H8S2/c1-6-3-5-9-7(6)2-4-8/h2-5,8H,1H3/b4-2-. The first-order chi connectivity index (χ1) is 4.34. The summed E-state index contributed by atoms with van der Waals surface area (Å²) < 4.78 is 0. The van der Waals surface area contributed by atoms with Gasteiger partial charge < -0.3 is 0 Å². The van der Waals surface area contributed by atoms with Crippen LogP contribution in [0.4, 0.5) is 0 Å². The molecule has 0 spiro atoms. The summed E-state index contributed by atoms with van der Waals surface area (Å²) in [6.45, 7) is 2.10. The van der Waals surface area contributed by atoms with Crippen molar-refractivity contribution in [2.45, 2.75) is 6.92 Å². The molecule has 1 aromatic rings. The number of hydrogen-bond donors (Lipinski definition) is 1. The van der Waals surface area contributed by atoms with Crippen molar-refractivity contribution >= 4 is 30.0 Å². The molecule has 2 heteroatoms. The second-order valence-corrected chi connectivity index (χ2v) is 3.03. The van der Waals surface area contributed by atoms with Gasteiger partial charge in [0.1, 0.15) is 0 Å². The molecule has 48 valence electrons. The molecule has 0 aliphatic carbocycles. The Morgan fingerprint density at radius 3 is 2.89 bits per heavy atom. The molecule has 0 aliphatic rings. The summed E-state index contributed by atoms with van der Waals surface area (Å²) in [6, 6.07) is 2.10. The van der Waals surface area contributed by atoms with Gasteiger partial charge in [-0.25, -0.2) is 0 Å². The maximum Gasteiger partial charge on any atom is 0.0304 e. The van der Waals surface area contributed by atoms with E-state index in [0.717, 1.165) is 0 Å². The molecule has 0 saturated carbocycles. The van der Waals surface area contributed by atoms with Crippen LogP contribution >= 0.6 is 24.0 Å². The largest absolute Gasteiger partial charge is 0.151 e. The van der Waals surface area contributed by atoms with Gasteiger partial charge in [0.2, 0.25) is 0 Å². The molecule has 9 heavy (non-hydrogen) atoms. The van der Waals surface area contributed by atoms with Crippen molar-refractivity contribution < 1.29 is 0 Å². The zero-order chi connectivity index (χ0) is 6.69. The van der Waals surface area contributed by atoms with Crippen LogP contribution in [0.5, 0.6) is 0 Å². The molecule has 0 N–H and O–H groups in total. The van der Waals surface area contributed by atoms with Crippen LogP contribution in [0.1, 0.15) is 10.4 Å². The van der Waals surface area contributed by atoms with E-state index in [1.54, 1.807) is 16.7 Å². The van der Waals surface area contributed by atoms with E-state index < -0.39 is 0 Å². The van der Waals surface area contributed by atoms with Crippen molar-refractivity contribution in [1.29, 1.82) is 0 Å². The lowest BCUT2D eigenvalue weighted by molar-refractivity contribution is 1.54. The first-order valence-corrected chi connectivity index (χ1v) is 4.09. The molecule has 1 rings (SSSR count). The van der Waals surface area contributed by atoms with Gasteiger partial charge in [0.15, 0.2) is 0 Å². The monoisotopic (exact) mass is 156 g/mol. The van der Waals surface area contributed by atoms with E-state index in [9.17, 15) is 0 Å². The molecular weight excluding hydrogens is 148 g/mol. The van der Waals surface area contributed by atoms with Gasteiger partial charge in [-0.2, -0.15) is 12.6 Å². The van der Waals surface area contributed by atoms with Gasteiger partial charge in [-0.3, -0.25) is 0 Å². The highest BCUT2D eigenvalue weighted by Crippen LogP contribution is 2.16. The van der Waals surface area contributed by atoms with Crippen LogP contribution in [-0.2, 0) is 0 Å². The van der Waals surface area contributed by atoms with Crippen LogP contribution < -0.4 is 0 Å². The van der Waals surface area contributed by atoms with Gasteiger partial charge in [-0.05, 0) is 35.4 Å². The van der Waals surface area contributed by atoms with Crippen molar-refractivity contribution in [3.05, 3.63) is 27.3 Å². The van der Waals surface area contributed by atoms with Crippen molar-refractivity contribution in [3.63, 3.8) is 0 Å². The molecule has 0 bridgehead atoms. The lowest BCUT2D eigenvalue weighted by Crippen LogP contribution is -1.63. The summed E-state index contributed by atoms with van der Waals surface area (Å²) >= 11 is 5.72. The fourth-order valence-electron chi connectivity index (χ4n) is 0.623. The van der Waals surface area contributed by atoms with E-state index in [2.05, 4.69) is 31.0 Å². The van der Waals surface area contributed by atoms with Gasteiger partial charge in [0.05, 0.1) is 0 Å². The van der Waals surface area contributed by atoms with Crippen molar-refractivity contribution in [3.8, 4) is 0 Å². The van der Waals surface area contributed by atoms with E-state index in [1.807, 2.05) is 6.08 Å². The fraction of sp³-hybridized carbons (Fsp3) is 0.143. The molecule has 0 saturated heterocycles. The highest BCUT2D eigenvalue weighted by molar-refractivity contribution is 7.83. The average Bonchev–Trinajstić information content (AvgIpc) is 2.18. The van der Waals surface area contributed by atoms with Crippen molar-refractivity contribution in [2.24, 2.45) is 0 Å². The maximum absolute atomic E-state index is 3.98. The van der Waals surface area contributed by atoms with Gasteiger partial charge in [-0.15, -0.1) is 11.3 Å². The Morgan fingerprint density at radius 1 is 1.67 bits per heavy atom. The SMILES string of the molecule is Cc1ccsc1/C=C\S. The Morgan fingerprint density at radius 2 is 2.44 bits per heavy atom. The molecule has 0 fully saturated rings. The molecule has 0 nitrogen and oxygen atoms in total. The third-order valence-electron chi connectivity index (χ3n) is 1.13. The van der Waals surface area contributed by atoms with Gasteiger partial charge >= 0.3 is 0 Å². The predicted molar refractivity (Wildman–Crippen MR) is 47.1 cm³/mol. The van der Waals surface area contributed by atoms with Crippen LogP contribution in [0.15, 0.2) is 16.9 Å². The average molecular weight is 156 g/mol. The minimum atomic E-state index is 1.30. The lowest BCUT2D eigenvalue weighted by Gasteiger charge is -1.84. The van der Waals surface area contributed by atoms with Gasteiger partial charge in [-0.1, -0.05) is 0 Å². The normalized spacial score (nSPS) is 10.9. The zero-order valence-electron chi connectivity index (χ0n) is 5.16. The van der Waals surface area contributed by atoms with Gasteiger partial charge in [0.25, 0.3) is 0 Å². The van der Waals surface area contributed by atoms with Gasteiger partial charge in [0, 0.05) is 4.88 Å². The van der Waals surface area contributed by atoms with Crippen LogP contribution in [0.3, 0.4) is 0 Å². The number of hydrogen-bond acceptors (Lipinski definition) is 2. The summed E-state index contributed by atoms with van der Waals surface area (Å²) in [7, 11) is 0. The van der Waals surface area contributed by atoms with E-state index in [0.29, 0.717) is 0 Å². The molecule has 0 aromatic carbocycles. The molecule has 1 aromatic heterocycles. The van der Waals surface area contributed by atoms with Crippen LogP contribution in [0.25, 0.3) is 6.08 Å². The quantitative estimate of drug-likeness (QED) is 0.594. The summed E-state index contributed by atoms with van der Waals surface area (Å²) in [6.07, 6.45) is 2.00. The first-order valence-electron chi connectivity index (χ1n) is 2.69. The topological polar surface area (TPSA) is 0 Å². The van der Waals surface area contributed by atoms with E-state index in [-0.39, 0.29) is 0 Å². The highest BCUT2D eigenvalue weighted by atomic mass is 32.1. The molecule has 0 unspecified atom stereocenters. The maximum atomic E-state index is 3.98. The second kappa shape index (κ2) is 3.08. The second-order valence-electron chi connectivity index (χ2n) is 1.78. The Bertz CT molecular complexity index is 210. The molecular formula is C7H8S2. The molecule has 0 aliphatic heterocycles. The summed E-state index contributed by atoms with van der Waals surface area (Å²) in [5.74, 6) is 0. The summed E-state index contributed by atoms with van der Waals surface area (Å²) in [5.41, 5.74) is 1.32. The molecule has 0 atom stereocenters. The molecule has 0 amide bonds. The number of thiol groups is 1. The van der Waals surface area contributed by atoms with E-state index in [4.69, 9.17) is 0 Å². The van der Waals surface area contributed by atoms with Crippen molar-refractivity contribution in [1.82, 2.24) is 0 Å². The Kier molecular flexibility index (Phi) is 2.37.